The average molecular weight is 459 g/mol. The lowest BCUT2D eigenvalue weighted by Gasteiger charge is -2.37. The van der Waals surface area contributed by atoms with E-state index in [-0.39, 0.29) is 5.82 Å². The molecule has 0 amide bonds. The number of benzene rings is 3. The van der Waals surface area contributed by atoms with Crippen molar-refractivity contribution in [3.8, 4) is 11.3 Å². The highest BCUT2D eigenvalue weighted by atomic mass is 35.5. The third-order valence-electron chi connectivity index (χ3n) is 6.10. The Morgan fingerprint density at radius 2 is 1.58 bits per heavy atom. The minimum Gasteiger partial charge on any atom is -0.368 e. The molecule has 1 aliphatic rings. The normalized spacial score (nSPS) is 14.4. The van der Waals surface area contributed by atoms with E-state index in [1.54, 1.807) is 4.52 Å². The van der Waals surface area contributed by atoms with Gasteiger partial charge in [-0.15, -0.1) is 5.10 Å². The molecule has 0 unspecified atom stereocenters. The van der Waals surface area contributed by atoms with Crippen LogP contribution in [0.4, 0.5) is 15.9 Å². The van der Waals surface area contributed by atoms with Crippen molar-refractivity contribution < 1.29 is 4.39 Å². The minimum absolute atomic E-state index is 0.216. The molecule has 1 saturated heterocycles. The molecule has 0 radical (unpaired) electrons. The van der Waals surface area contributed by atoms with Crippen molar-refractivity contribution in [2.75, 3.05) is 36.0 Å². The van der Waals surface area contributed by atoms with Gasteiger partial charge in [0.2, 0.25) is 0 Å². The van der Waals surface area contributed by atoms with Crippen molar-refractivity contribution in [2.24, 2.45) is 0 Å². The van der Waals surface area contributed by atoms with Gasteiger partial charge in [0.25, 0.3) is 0 Å². The molecule has 0 saturated carbocycles. The molecule has 3 heterocycles. The van der Waals surface area contributed by atoms with Gasteiger partial charge in [-0.3, -0.25) is 0 Å². The Morgan fingerprint density at radius 1 is 0.818 bits per heavy atom. The molecular formula is C25H20ClFN6. The summed E-state index contributed by atoms with van der Waals surface area (Å²) >= 11 is 6.22. The van der Waals surface area contributed by atoms with Crippen LogP contribution in [0.25, 0.3) is 27.8 Å². The van der Waals surface area contributed by atoms with Gasteiger partial charge in [0, 0.05) is 47.8 Å². The molecule has 0 aliphatic carbocycles. The molecule has 1 fully saturated rings. The van der Waals surface area contributed by atoms with Crippen LogP contribution >= 0.6 is 11.6 Å². The first kappa shape index (κ1) is 19.9. The van der Waals surface area contributed by atoms with Gasteiger partial charge in [0.1, 0.15) is 17.3 Å². The third kappa shape index (κ3) is 3.54. The van der Waals surface area contributed by atoms with Gasteiger partial charge >= 0.3 is 0 Å². The van der Waals surface area contributed by atoms with Gasteiger partial charge < -0.3 is 9.80 Å². The SMILES string of the molecule is Fc1ccc(N2CCN(c3nc4c(-c5cccc(Cl)c5)nnn4c4ccccc34)CC2)cc1. The molecule has 1 aliphatic heterocycles. The molecule has 6 nitrogen and oxygen atoms in total. The number of anilines is 2. The van der Waals surface area contributed by atoms with Gasteiger partial charge in [-0.2, -0.15) is 4.52 Å². The number of para-hydroxylation sites is 1. The fraction of sp³-hybridized carbons (Fsp3) is 0.160. The zero-order valence-electron chi connectivity index (χ0n) is 17.7. The number of hydrogen-bond donors (Lipinski definition) is 0. The third-order valence-corrected chi connectivity index (χ3v) is 6.34. The molecule has 0 atom stereocenters. The lowest BCUT2D eigenvalue weighted by atomic mass is 10.1. The van der Waals surface area contributed by atoms with Crippen molar-refractivity contribution in [1.82, 2.24) is 19.8 Å². The number of halogens is 2. The number of hydrogen-bond acceptors (Lipinski definition) is 5. The van der Waals surface area contributed by atoms with E-state index in [1.165, 1.54) is 12.1 Å². The topological polar surface area (TPSA) is 49.6 Å². The fourth-order valence-corrected chi connectivity index (χ4v) is 4.63. The predicted molar refractivity (Wildman–Crippen MR) is 130 cm³/mol. The van der Waals surface area contributed by atoms with Crippen LogP contribution in [0.3, 0.4) is 0 Å². The molecule has 6 rings (SSSR count). The van der Waals surface area contributed by atoms with Crippen LogP contribution in [0.2, 0.25) is 5.02 Å². The summed E-state index contributed by atoms with van der Waals surface area (Å²) in [5.41, 5.74) is 4.28. The second kappa shape index (κ2) is 8.01. The van der Waals surface area contributed by atoms with Crippen molar-refractivity contribution in [1.29, 1.82) is 0 Å². The first-order valence-corrected chi connectivity index (χ1v) is 11.2. The lowest BCUT2D eigenvalue weighted by Crippen LogP contribution is -2.47. The quantitative estimate of drug-likeness (QED) is 0.378. The Hall–Kier alpha value is -3.71. The number of fused-ring (bicyclic) bond motifs is 3. The van der Waals surface area contributed by atoms with Gasteiger partial charge in [-0.05, 0) is 48.5 Å². The summed E-state index contributed by atoms with van der Waals surface area (Å²) in [6.45, 7) is 3.26. The molecule has 33 heavy (non-hydrogen) atoms. The van der Waals surface area contributed by atoms with Crippen LogP contribution in [0, 0.1) is 5.82 Å². The molecule has 2 aromatic heterocycles. The van der Waals surface area contributed by atoms with Crippen LogP contribution in [-0.2, 0) is 0 Å². The Labute approximate surface area is 194 Å². The van der Waals surface area contributed by atoms with E-state index < -0.39 is 0 Å². The maximum Gasteiger partial charge on any atom is 0.186 e. The van der Waals surface area contributed by atoms with Crippen molar-refractivity contribution in [3.63, 3.8) is 0 Å². The summed E-state index contributed by atoms with van der Waals surface area (Å²) in [5.74, 6) is 0.703. The summed E-state index contributed by atoms with van der Waals surface area (Å²) < 4.78 is 15.1. The van der Waals surface area contributed by atoms with Gasteiger partial charge in [0.15, 0.2) is 5.65 Å². The number of piperazine rings is 1. The van der Waals surface area contributed by atoms with Crippen LogP contribution in [0.15, 0.2) is 72.8 Å². The maximum absolute atomic E-state index is 13.3. The molecule has 5 aromatic rings. The van der Waals surface area contributed by atoms with E-state index in [4.69, 9.17) is 16.6 Å². The number of rotatable bonds is 3. The van der Waals surface area contributed by atoms with E-state index in [0.717, 1.165) is 54.2 Å². The van der Waals surface area contributed by atoms with E-state index in [0.29, 0.717) is 16.4 Å². The van der Waals surface area contributed by atoms with E-state index in [2.05, 4.69) is 26.2 Å². The average Bonchev–Trinajstić information content (AvgIpc) is 3.29. The first-order chi connectivity index (χ1) is 16.2. The summed E-state index contributed by atoms with van der Waals surface area (Å²) in [6, 6.07) is 22.4. The molecule has 3 aromatic carbocycles. The highest BCUT2D eigenvalue weighted by molar-refractivity contribution is 6.30. The van der Waals surface area contributed by atoms with Crippen molar-refractivity contribution in [3.05, 3.63) is 83.6 Å². The highest BCUT2D eigenvalue weighted by Gasteiger charge is 2.23. The van der Waals surface area contributed by atoms with Crippen LogP contribution in [0.1, 0.15) is 0 Å². The standard InChI is InChI=1S/C25H20ClFN6/c26-18-5-3-4-17(16-18)23-25-28-24(21-6-1-2-7-22(21)33(25)30-29-23)32-14-12-31(13-15-32)20-10-8-19(27)9-11-20/h1-11,16H,12-15H2. The van der Waals surface area contributed by atoms with Gasteiger partial charge in [-0.25, -0.2) is 9.37 Å². The molecule has 0 bridgehead atoms. The summed E-state index contributed by atoms with van der Waals surface area (Å²) in [4.78, 5) is 9.63. The van der Waals surface area contributed by atoms with Crippen molar-refractivity contribution >= 4 is 39.7 Å². The summed E-state index contributed by atoms with van der Waals surface area (Å²) in [6.07, 6.45) is 0. The largest absolute Gasteiger partial charge is 0.368 e. The zero-order valence-corrected chi connectivity index (χ0v) is 18.5. The Bertz CT molecular complexity index is 1460. The zero-order chi connectivity index (χ0) is 22.4. The molecule has 0 N–H and O–H groups in total. The molecule has 8 heteroatoms. The molecule has 0 spiro atoms. The van der Waals surface area contributed by atoms with E-state index in [9.17, 15) is 4.39 Å². The summed E-state index contributed by atoms with van der Waals surface area (Å²) in [5, 5.41) is 10.5. The second-order valence-corrected chi connectivity index (χ2v) is 8.52. The Morgan fingerprint density at radius 3 is 2.36 bits per heavy atom. The lowest BCUT2D eigenvalue weighted by molar-refractivity contribution is 0.624. The summed E-state index contributed by atoms with van der Waals surface area (Å²) in [7, 11) is 0. The minimum atomic E-state index is -0.216. The Balaban J connectivity index is 1.40. The highest BCUT2D eigenvalue weighted by Crippen LogP contribution is 2.31. The van der Waals surface area contributed by atoms with Crippen LogP contribution < -0.4 is 9.80 Å². The van der Waals surface area contributed by atoms with E-state index in [1.807, 2.05) is 54.6 Å². The van der Waals surface area contributed by atoms with Gasteiger partial charge in [-0.1, -0.05) is 41.1 Å². The van der Waals surface area contributed by atoms with Crippen LogP contribution in [-0.4, -0.2) is 46.0 Å². The first-order valence-electron chi connectivity index (χ1n) is 10.8. The molecular weight excluding hydrogens is 439 g/mol. The monoisotopic (exact) mass is 458 g/mol. The fourth-order valence-electron chi connectivity index (χ4n) is 4.44. The maximum atomic E-state index is 13.3. The number of nitrogens with zero attached hydrogens (tertiary/aromatic N) is 6. The van der Waals surface area contributed by atoms with Crippen LogP contribution in [0.5, 0.6) is 0 Å². The smallest absolute Gasteiger partial charge is 0.186 e. The Kier molecular flexibility index (Phi) is 4.84. The van der Waals surface area contributed by atoms with Gasteiger partial charge in [0.05, 0.1) is 5.52 Å². The second-order valence-electron chi connectivity index (χ2n) is 8.09. The van der Waals surface area contributed by atoms with E-state index >= 15 is 0 Å². The predicted octanol–water partition coefficient (Wildman–Crippen LogP) is 5.06. The number of aromatic nitrogens is 4. The van der Waals surface area contributed by atoms with Crippen molar-refractivity contribution in [2.45, 2.75) is 0 Å². The molecule has 164 valence electrons.